The first kappa shape index (κ1) is 21.6. The van der Waals surface area contributed by atoms with E-state index in [-0.39, 0.29) is 30.3 Å². The molecule has 2 aromatic rings. The highest BCUT2D eigenvalue weighted by Gasteiger charge is 2.32. The van der Waals surface area contributed by atoms with Gasteiger partial charge in [0, 0.05) is 29.7 Å². The third kappa shape index (κ3) is 5.87. The van der Waals surface area contributed by atoms with Gasteiger partial charge in [-0.25, -0.2) is 0 Å². The van der Waals surface area contributed by atoms with Crippen molar-refractivity contribution in [2.75, 3.05) is 33.4 Å². The maximum absolute atomic E-state index is 12.3. The Balaban J connectivity index is 0.00000261. The minimum absolute atomic E-state index is 0. The molecule has 1 aliphatic heterocycles. The van der Waals surface area contributed by atoms with E-state index in [1.807, 2.05) is 12.1 Å². The quantitative estimate of drug-likeness (QED) is 0.713. The van der Waals surface area contributed by atoms with Crippen LogP contribution in [-0.4, -0.2) is 59.5 Å². The minimum atomic E-state index is -0.140. The van der Waals surface area contributed by atoms with Crippen molar-refractivity contribution in [3.63, 3.8) is 0 Å². The molecule has 0 spiro atoms. The molecule has 0 atom stereocenters. The van der Waals surface area contributed by atoms with Gasteiger partial charge in [-0.1, -0.05) is 11.6 Å². The van der Waals surface area contributed by atoms with Crippen molar-refractivity contribution in [3.05, 3.63) is 29.3 Å². The monoisotopic (exact) mass is 414 g/mol. The topological polar surface area (TPSA) is 94.0 Å². The average Bonchev–Trinajstić information content (AvgIpc) is 3.10. The van der Waals surface area contributed by atoms with Crippen LogP contribution in [0.1, 0.15) is 12.8 Å². The van der Waals surface area contributed by atoms with Gasteiger partial charge in [0.05, 0.1) is 6.61 Å². The lowest BCUT2D eigenvalue weighted by Crippen LogP contribution is -2.47. The molecule has 1 aromatic heterocycles. The summed E-state index contributed by atoms with van der Waals surface area (Å²) in [5.74, 6) is 0.322. The van der Waals surface area contributed by atoms with Crippen molar-refractivity contribution in [3.8, 4) is 11.4 Å². The van der Waals surface area contributed by atoms with Gasteiger partial charge in [0.2, 0.25) is 11.7 Å². The molecule has 10 heteroatoms. The van der Waals surface area contributed by atoms with Gasteiger partial charge in [-0.05, 0) is 55.4 Å². The highest BCUT2D eigenvalue weighted by atomic mass is 35.5. The summed E-state index contributed by atoms with van der Waals surface area (Å²) in [6.45, 7) is 3.13. The summed E-state index contributed by atoms with van der Waals surface area (Å²) in [6.07, 6.45) is 1.95. The standard InChI is InChI=1S/C17H23ClN6O2.ClH/c1-26-12-17(6-8-19-9-7-17)11-20-15(25)10-24-22-16(21-23-24)13-2-4-14(18)5-3-13;/h2-5,19H,6-12H2,1H3,(H,20,25);1H. The number of ether oxygens (including phenoxy) is 1. The van der Waals surface area contributed by atoms with E-state index < -0.39 is 0 Å². The zero-order valence-electron chi connectivity index (χ0n) is 15.2. The van der Waals surface area contributed by atoms with Crippen molar-refractivity contribution in [2.45, 2.75) is 19.4 Å². The Morgan fingerprint density at radius 1 is 1.33 bits per heavy atom. The zero-order valence-corrected chi connectivity index (χ0v) is 16.7. The number of tetrazole rings is 1. The first-order chi connectivity index (χ1) is 12.6. The normalized spacial score (nSPS) is 15.8. The number of methoxy groups -OCH3 is 1. The van der Waals surface area contributed by atoms with Crippen molar-refractivity contribution < 1.29 is 9.53 Å². The van der Waals surface area contributed by atoms with E-state index in [1.54, 1.807) is 19.2 Å². The van der Waals surface area contributed by atoms with Gasteiger partial charge in [-0.2, -0.15) is 4.80 Å². The second-order valence-corrected chi connectivity index (χ2v) is 7.05. The lowest BCUT2D eigenvalue weighted by Gasteiger charge is -2.37. The largest absolute Gasteiger partial charge is 0.384 e. The van der Waals surface area contributed by atoms with Crippen LogP contribution in [0.3, 0.4) is 0 Å². The summed E-state index contributed by atoms with van der Waals surface area (Å²) >= 11 is 5.88. The number of hydrogen-bond donors (Lipinski definition) is 2. The van der Waals surface area contributed by atoms with Crippen LogP contribution in [0.4, 0.5) is 0 Å². The molecule has 1 amide bonds. The zero-order chi connectivity index (χ0) is 18.4. The molecule has 1 saturated heterocycles. The van der Waals surface area contributed by atoms with Gasteiger partial charge in [-0.3, -0.25) is 4.79 Å². The first-order valence-corrected chi connectivity index (χ1v) is 8.98. The van der Waals surface area contributed by atoms with E-state index in [9.17, 15) is 4.79 Å². The predicted molar refractivity (Wildman–Crippen MR) is 105 cm³/mol. The van der Waals surface area contributed by atoms with Crippen molar-refractivity contribution in [2.24, 2.45) is 5.41 Å². The summed E-state index contributed by atoms with van der Waals surface area (Å²) in [5, 5.41) is 19.2. The molecular weight excluding hydrogens is 391 g/mol. The fraction of sp³-hybridized carbons (Fsp3) is 0.529. The number of halogens is 2. The summed E-state index contributed by atoms with van der Waals surface area (Å²) in [7, 11) is 1.70. The third-order valence-corrected chi connectivity index (χ3v) is 4.87. The minimum Gasteiger partial charge on any atom is -0.384 e. The Bertz CT molecular complexity index is 726. The van der Waals surface area contributed by atoms with Crippen LogP contribution in [0.2, 0.25) is 5.02 Å². The molecular formula is C17H24Cl2N6O2. The molecule has 0 aliphatic carbocycles. The second-order valence-electron chi connectivity index (χ2n) is 6.61. The number of piperidine rings is 1. The fourth-order valence-electron chi connectivity index (χ4n) is 3.13. The van der Waals surface area contributed by atoms with Crippen LogP contribution in [0, 0.1) is 5.41 Å². The summed E-state index contributed by atoms with van der Waals surface area (Å²) < 4.78 is 5.37. The highest BCUT2D eigenvalue weighted by Crippen LogP contribution is 2.28. The van der Waals surface area contributed by atoms with Gasteiger partial charge in [-0.15, -0.1) is 22.6 Å². The van der Waals surface area contributed by atoms with Crippen molar-refractivity contribution in [1.82, 2.24) is 30.8 Å². The van der Waals surface area contributed by atoms with E-state index in [4.69, 9.17) is 16.3 Å². The van der Waals surface area contributed by atoms with E-state index in [0.717, 1.165) is 31.5 Å². The van der Waals surface area contributed by atoms with Gasteiger partial charge < -0.3 is 15.4 Å². The SMILES string of the molecule is COCC1(CNC(=O)Cn2nnc(-c3ccc(Cl)cc3)n2)CCNCC1.Cl. The van der Waals surface area contributed by atoms with Crippen LogP contribution in [0.15, 0.2) is 24.3 Å². The second kappa shape index (κ2) is 9.98. The molecule has 0 unspecified atom stereocenters. The lowest BCUT2D eigenvalue weighted by molar-refractivity contribution is -0.123. The average molecular weight is 415 g/mol. The first-order valence-electron chi connectivity index (χ1n) is 8.60. The highest BCUT2D eigenvalue weighted by molar-refractivity contribution is 6.30. The number of nitrogens with zero attached hydrogens (tertiary/aromatic N) is 4. The van der Waals surface area contributed by atoms with Crippen LogP contribution in [0.5, 0.6) is 0 Å². The number of aromatic nitrogens is 4. The molecule has 148 valence electrons. The number of rotatable bonds is 7. The lowest BCUT2D eigenvalue weighted by atomic mass is 9.79. The van der Waals surface area contributed by atoms with Crippen LogP contribution < -0.4 is 10.6 Å². The molecule has 27 heavy (non-hydrogen) atoms. The number of carbonyl (C=O) groups excluding carboxylic acids is 1. The van der Waals surface area contributed by atoms with Crippen molar-refractivity contribution in [1.29, 1.82) is 0 Å². The Kier molecular flexibility index (Phi) is 7.97. The Morgan fingerprint density at radius 3 is 2.70 bits per heavy atom. The van der Waals surface area contributed by atoms with Crippen LogP contribution in [0.25, 0.3) is 11.4 Å². The molecule has 1 fully saturated rings. The molecule has 0 saturated carbocycles. The van der Waals surface area contributed by atoms with Crippen LogP contribution in [-0.2, 0) is 16.1 Å². The summed E-state index contributed by atoms with van der Waals surface area (Å²) in [4.78, 5) is 13.6. The van der Waals surface area contributed by atoms with E-state index in [2.05, 4.69) is 26.0 Å². The molecule has 8 nitrogen and oxygen atoms in total. The Labute approximate surface area is 169 Å². The maximum atomic E-state index is 12.3. The Morgan fingerprint density at radius 2 is 2.04 bits per heavy atom. The predicted octanol–water partition coefficient (Wildman–Crippen LogP) is 1.55. The summed E-state index contributed by atoms with van der Waals surface area (Å²) in [5.41, 5.74) is 0.787. The van der Waals surface area contributed by atoms with Crippen LogP contribution >= 0.6 is 24.0 Å². The molecule has 2 N–H and O–H groups in total. The molecule has 3 rings (SSSR count). The van der Waals surface area contributed by atoms with E-state index in [0.29, 0.717) is 24.0 Å². The molecule has 1 aromatic carbocycles. The molecule has 0 radical (unpaired) electrons. The van der Waals surface area contributed by atoms with Gasteiger partial charge in [0.1, 0.15) is 6.54 Å². The fourth-order valence-corrected chi connectivity index (χ4v) is 3.26. The number of nitrogens with one attached hydrogen (secondary N) is 2. The summed E-state index contributed by atoms with van der Waals surface area (Å²) in [6, 6.07) is 7.15. The molecule has 0 bridgehead atoms. The number of carbonyl (C=O) groups is 1. The Hall–Kier alpha value is -1.74. The number of amides is 1. The smallest absolute Gasteiger partial charge is 0.243 e. The maximum Gasteiger partial charge on any atom is 0.243 e. The molecule has 2 heterocycles. The molecule has 1 aliphatic rings. The third-order valence-electron chi connectivity index (χ3n) is 4.62. The van der Waals surface area contributed by atoms with E-state index >= 15 is 0 Å². The van der Waals surface area contributed by atoms with Gasteiger partial charge in [0.15, 0.2) is 0 Å². The van der Waals surface area contributed by atoms with Crippen molar-refractivity contribution >= 4 is 29.9 Å². The number of hydrogen-bond acceptors (Lipinski definition) is 6. The number of benzene rings is 1. The van der Waals surface area contributed by atoms with Gasteiger partial charge >= 0.3 is 0 Å². The van der Waals surface area contributed by atoms with E-state index in [1.165, 1.54) is 4.80 Å². The van der Waals surface area contributed by atoms with Gasteiger partial charge in [0.25, 0.3) is 0 Å².